The number of rotatable bonds is 11. The van der Waals surface area contributed by atoms with Crippen LogP contribution in [0.4, 0.5) is 0 Å². The van der Waals surface area contributed by atoms with Gasteiger partial charge in [0, 0.05) is 17.4 Å². The van der Waals surface area contributed by atoms with Crippen LogP contribution in [0.1, 0.15) is 40.3 Å². The summed E-state index contributed by atoms with van der Waals surface area (Å²) in [6, 6.07) is 13.3. The smallest absolute Gasteiger partial charge is 0.220 e. The van der Waals surface area contributed by atoms with E-state index in [-0.39, 0.29) is 30.8 Å². The molecule has 1 unspecified atom stereocenters. The number of hydrogen-bond donors (Lipinski definition) is 7. The molecule has 0 saturated carbocycles. The zero-order valence-corrected chi connectivity index (χ0v) is 21.8. The highest BCUT2D eigenvalue weighted by Crippen LogP contribution is 2.48. The van der Waals surface area contributed by atoms with Crippen LogP contribution in [-0.4, -0.2) is 87.6 Å². The topological polar surface area (TPSA) is 139 Å². The molecule has 1 aliphatic rings. The van der Waals surface area contributed by atoms with Crippen LogP contribution in [0.15, 0.2) is 42.5 Å². The summed E-state index contributed by atoms with van der Waals surface area (Å²) in [5.41, 5.74) is 4.40. The second-order valence-corrected chi connectivity index (χ2v) is 12.0. The number of benzene rings is 2. The van der Waals surface area contributed by atoms with E-state index < -0.39 is 35.2 Å². The van der Waals surface area contributed by atoms with Crippen LogP contribution in [0.5, 0.6) is 5.75 Å². The van der Waals surface area contributed by atoms with Gasteiger partial charge in [0.25, 0.3) is 0 Å². The molecule has 2 aromatic carbocycles. The fourth-order valence-corrected chi connectivity index (χ4v) is 6.90. The van der Waals surface area contributed by atoms with Gasteiger partial charge in [-0.25, -0.2) is 10.9 Å². The Morgan fingerprint density at radius 3 is 2.44 bits per heavy atom. The Labute approximate surface area is 215 Å². The molecule has 1 aliphatic heterocycles. The van der Waals surface area contributed by atoms with Gasteiger partial charge in [0.2, 0.25) is 5.91 Å². The van der Waals surface area contributed by atoms with E-state index in [0.717, 1.165) is 22.3 Å². The molecule has 5 atom stereocenters. The number of thiol groups is 1. The Hall–Kier alpha value is -2.14. The van der Waals surface area contributed by atoms with Crippen molar-refractivity contribution in [3.05, 3.63) is 64.7 Å². The summed E-state index contributed by atoms with van der Waals surface area (Å²) in [7, 11) is -0.664. The molecule has 3 rings (SSSR count). The van der Waals surface area contributed by atoms with Gasteiger partial charge in [-0.15, -0.1) is 0 Å². The lowest BCUT2D eigenvalue weighted by Gasteiger charge is -2.42. The van der Waals surface area contributed by atoms with Gasteiger partial charge < -0.3 is 35.6 Å². The molecule has 0 spiro atoms. The van der Waals surface area contributed by atoms with Crippen LogP contribution in [0.3, 0.4) is 0 Å². The Morgan fingerprint density at radius 2 is 1.78 bits per heavy atom. The number of hydrogen-bond acceptors (Lipinski definition) is 7. The summed E-state index contributed by atoms with van der Waals surface area (Å²) >= 11 is 0. The number of aliphatic hydroxyl groups is 5. The van der Waals surface area contributed by atoms with Gasteiger partial charge in [-0.05, 0) is 60.4 Å². The van der Waals surface area contributed by atoms with Crippen molar-refractivity contribution in [2.24, 2.45) is 0 Å². The second-order valence-electron chi connectivity index (χ2n) is 9.52. The van der Waals surface area contributed by atoms with Crippen molar-refractivity contribution in [1.29, 1.82) is 0 Å². The molecule has 1 heterocycles. The SMILES string of the molecule is Cc1ccc([C@H]2[C@H](O)[C@H](O)[C@H](O)C[SH]2C)cc1Cc1ccc(OCCCC(=O)NC(CO)CO)cc1. The Bertz CT molecular complexity index is 983. The fraction of sp³-hybridized carbons (Fsp3) is 0.519. The quantitative estimate of drug-likeness (QED) is 0.173. The molecule has 1 amide bonds. The van der Waals surface area contributed by atoms with E-state index in [9.17, 15) is 20.1 Å². The summed E-state index contributed by atoms with van der Waals surface area (Å²) in [5.74, 6) is 0.990. The molecule has 6 N–H and O–H groups in total. The van der Waals surface area contributed by atoms with Crippen molar-refractivity contribution in [1.82, 2.24) is 5.32 Å². The first-order valence-electron chi connectivity index (χ1n) is 12.3. The molecule has 9 heteroatoms. The van der Waals surface area contributed by atoms with E-state index in [1.54, 1.807) is 0 Å². The molecule has 2 aromatic rings. The third-order valence-corrected chi connectivity index (χ3v) is 9.18. The van der Waals surface area contributed by atoms with Gasteiger partial charge in [0.1, 0.15) is 11.9 Å². The number of aryl methyl sites for hydroxylation is 1. The minimum absolute atomic E-state index is 0.172. The maximum absolute atomic E-state index is 11.8. The maximum atomic E-state index is 11.8. The Morgan fingerprint density at radius 1 is 1.08 bits per heavy atom. The third kappa shape index (κ3) is 7.44. The third-order valence-electron chi connectivity index (χ3n) is 6.67. The van der Waals surface area contributed by atoms with E-state index in [4.69, 9.17) is 14.9 Å². The minimum Gasteiger partial charge on any atom is -0.494 e. The average molecular weight is 522 g/mol. The van der Waals surface area contributed by atoms with Crippen molar-refractivity contribution < 1.29 is 35.1 Å². The zero-order chi connectivity index (χ0) is 26.2. The van der Waals surface area contributed by atoms with Gasteiger partial charge in [0.05, 0.1) is 38.1 Å². The number of nitrogens with one attached hydrogen (secondary N) is 1. The lowest BCUT2D eigenvalue weighted by atomic mass is 9.94. The number of aliphatic hydroxyl groups excluding tert-OH is 5. The Kier molecular flexibility index (Phi) is 10.6. The lowest BCUT2D eigenvalue weighted by molar-refractivity contribution is -0.122. The normalized spacial score (nSPS) is 25.1. The van der Waals surface area contributed by atoms with Crippen molar-refractivity contribution in [2.75, 3.05) is 31.8 Å². The van der Waals surface area contributed by atoms with E-state index in [1.165, 1.54) is 0 Å². The highest BCUT2D eigenvalue weighted by molar-refractivity contribution is 8.16. The average Bonchev–Trinajstić information content (AvgIpc) is 2.86. The Balaban J connectivity index is 1.55. The highest BCUT2D eigenvalue weighted by Gasteiger charge is 2.40. The predicted molar refractivity (Wildman–Crippen MR) is 142 cm³/mol. The summed E-state index contributed by atoms with van der Waals surface area (Å²) in [5, 5.41) is 51.3. The molecule has 1 fully saturated rings. The van der Waals surface area contributed by atoms with Crippen molar-refractivity contribution >= 4 is 16.8 Å². The van der Waals surface area contributed by atoms with Crippen molar-refractivity contribution in [3.63, 3.8) is 0 Å². The summed E-state index contributed by atoms with van der Waals surface area (Å²) in [6.07, 6.45) is 0.556. The molecule has 200 valence electrons. The van der Waals surface area contributed by atoms with E-state index >= 15 is 0 Å². The van der Waals surface area contributed by atoms with Crippen LogP contribution in [0.25, 0.3) is 0 Å². The maximum Gasteiger partial charge on any atom is 0.220 e. The molecular formula is C27H39NO7S. The number of amides is 1. The summed E-state index contributed by atoms with van der Waals surface area (Å²) < 4.78 is 5.74. The molecule has 1 saturated heterocycles. The highest BCUT2D eigenvalue weighted by atomic mass is 32.2. The van der Waals surface area contributed by atoms with Gasteiger partial charge in [-0.3, -0.25) is 4.79 Å². The largest absolute Gasteiger partial charge is 0.494 e. The first-order chi connectivity index (χ1) is 17.2. The number of carbonyl (C=O) groups excluding carboxylic acids is 1. The summed E-state index contributed by atoms with van der Waals surface area (Å²) in [4.78, 5) is 11.8. The molecule has 0 radical (unpaired) electrons. The van der Waals surface area contributed by atoms with Crippen LogP contribution in [0, 0.1) is 6.92 Å². The first-order valence-corrected chi connectivity index (χ1v) is 14.3. The number of ether oxygens (including phenoxy) is 1. The molecule has 0 bridgehead atoms. The molecule has 8 nitrogen and oxygen atoms in total. The van der Waals surface area contributed by atoms with E-state index in [0.29, 0.717) is 31.0 Å². The standard InChI is InChI=1S/C27H39NO7S/c1-17-5-8-19(27-26(34)25(33)23(31)16-36(27)2)13-20(17)12-18-6-9-22(10-7-18)35-11-3-4-24(32)28-21(14-29)15-30/h5-10,13,21,23,25-27,29-31,33-34,36H,3-4,11-12,14-16H2,1-2H3,(H,28,32)/t23-,25-,26-,27+/m1/s1. The summed E-state index contributed by atoms with van der Waals surface area (Å²) in [6.45, 7) is 1.83. The van der Waals surface area contributed by atoms with Gasteiger partial charge in [-0.1, -0.05) is 30.3 Å². The fourth-order valence-electron chi connectivity index (χ4n) is 4.50. The number of carbonyl (C=O) groups is 1. The van der Waals surface area contributed by atoms with E-state index in [2.05, 4.69) is 30.6 Å². The molecule has 0 aromatic heterocycles. The first kappa shape index (κ1) is 28.4. The predicted octanol–water partition coefficient (Wildman–Crippen LogP) is 0.983. The molecule has 0 aliphatic carbocycles. The molecular weight excluding hydrogens is 482 g/mol. The van der Waals surface area contributed by atoms with Gasteiger partial charge in [-0.2, -0.15) is 0 Å². The van der Waals surface area contributed by atoms with Gasteiger partial charge >= 0.3 is 0 Å². The van der Waals surface area contributed by atoms with Crippen molar-refractivity contribution in [3.8, 4) is 5.75 Å². The van der Waals surface area contributed by atoms with Crippen molar-refractivity contribution in [2.45, 2.75) is 55.8 Å². The monoisotopic (exact) mass is 521 g/mol. The van der Waals surface area contributed by atoms with E-state index in [1.807, 2.05) is 30.3 Å². The zero-order valence-electron chi connectivity index (χ0n) is 20.9. The van der Waals surface area contributed by atoms with Crippen LogP contribution >= 0.6 is 10.9 Å². The van der Waals surface area contributed by atoms with Crippen LogP contribution < -0.4 is 10.1 Å². The molecule has 36 heavy (non-hydrogen) atoms. The second kappa shape index (κ2) is 13.4. The van der Waals surface area contributed by atoms with Gasteiger partial charge in [0.15, 0.2) is 0 Å². The lowest BCUT2D eigenvalue weighted by Crippen LogP contribution is -2.47. The van der Waals surface area contributed by atoms with Crippen LogP contribution in [-0.2, 0) is 11.2 Å². The minimum atomic E-state index is -1.13. The van der Waals surface area contributed by atoms with Crippen LogP contribution in [0.2, 0.25) is 0 Å².